The van der Waals surface area contributed by atoms with Gasteiger partial charge in [-0.25, -0.2) is 0 Å². The van der Waals surface area contributed by atoms with Gasteiger partial charge in [0.2, 0.25) is 0 Å². The van der Waals surface area contributed by atoms with Crippen molar-refractivity contribution in [2.24, 2.45) is 0 Å². The van der Waals surface area contributed by atoms with Crippen molar-refractivity contribution < 1.29 is 27.8 Å². The Morgan fingerprint density at radius 3 is 2.42 bits per heavy atom. The number of nitrogens with zero attached hydrogens (tertiary/aromatic N) is 1. The number of aromatic nitrogens is 1. The second-order valence-electron chi connectivity index (χ2n) is 7.00. The van der Waals surface area contributed by atoms with Gasteiger partial charge in [0.25, 0.3) is 0 Å². The topological polar surface area (TPSA) is 59.4 Å². The van der Waals surface area contributed by atoms with E-state index in [0.29, 0.717) is 34.3 Å². The van der Waals surface area contributed by atoms with E-state index in [1.54, 1.807) is 43.3 Å². The maximum Gasteiger partial charge on any atom is 0.427 e. The monoisotopic (exact) mass is 469 g/mol. The van der Waals surface area contributed by atoms with E-state index in [4.69, 9.17) is 21.4 Å². The molecule has 0 aliphatic carbocycles. The van der Waals surface area contributed by atoms with Gasteiger partial charge >= 0.3 is 12.1 Å². The minimum atomic E-state index is -4.55. The number of carboxylic acids is 1. The van der Waals surface area contributed by atoms with Gasteiger partial charge in [-0.1, -0.05) is 29.8 Å². The molecular formula is C22H19ClF3NO3S. The van der Waals surface area contributed by atoms with E-state index in [1.165, 1.54) is 0 Å². The van der Waals surface area contributed by atoms with Crippen LogP contribution in [0.1, 0.15) is 33.6 Å². The molecule has 31 heavy (non-hydrogen) atoms. The van der Waals surface area contributed by atoms with Crippen molar-refractivity contribution in [1.29, 1.82) is 0 Å². The fourth-order valence-electron chi connectivity index (χ4n) is 3.17. The highest BCUT2D eigenvalue weighted by atomic mass is 35.5. The Bertz CT molecular complexity index is 1090. The number of aryl methyl sites for hydroxylation is 1. The Hall–Kier alpha value is -2.58. The lowest BCUT2D eigenvalue weighted by Crippen LogP contribution is -2.09. The highest BCUT2D eigenvalue weighted by Gasteiger charge is 2.38. The minimum Gasteiger partial charge on any atom is -0.488 e. The van der Waals surface area contributed by atoms with Crippen LogP contribution in [0.15, 0.2) is 36.4 Å². The quantitative estimate of drug-likeness (QED) is 0.418. The summed E-state index contributed by atoms with van der Waals surface area (Å²) in [5.74, 6) is -0.449. The molecule has 0 unspecified atom stereocenters. The maximum absolute atomic E-state index is 13.6. The summed E-state index contributed by atoms with van der Waals surface area (Å²) >= 11 is 6.28. The molecule has 0 radical (unpaired) electrons. The number of ether oxygens (including phenoxy) is 1. The number of hydrogen-bond acceptors (Lipinski definition) is 4. The summed E-state index contributed by atoms with van der Waals surface area (Å²) in [6.45, 7) is 3.33. The van der Waals surface area contributed by atoms with Crippen molar-refractivity contribution in [2.75, 3.05) is 0 Å². The molecule has 0 fully saturated rings. The van der Waals surface area contributed by atoms with Gasteiger partial charge in [-0.3, -0.25) is 4.79 Å². The molecule has 0 spiro atoms. The van der Waals surface area contributed by atoms with Crippen LogP contribution in [-0.4, -0.2) is 15.4 Å². The predicted octanol–water partition coefficient (Wildman–Crippen LogP) is 6.70. The van der Waals surface area contributed by atoms with Crippen LogP contribution in [0.25, 0.3) is 11.3 Å². The first-order valence-corrected chi connectivity index (χ1v) is 10.5. The van der Waals surface area contributed by atoms with Crippen LogP contribution in [-0.2, 0) is 24.0 Å². The summed E-state index contributed by atoms with van der Waals surface area (Å²) in [6.07, 6.45) is -4.18. The van der Waals surface area contributed by atoms with E-state index in [-0.39, 0.29) is 24.3 Å². The molecule has 0 atom stereocenters. The summed E-state index contributed by atoms with van der Waals surface area (Å²) in [5.41, 5.74) is 3.17. The molecule has 0 bridgehead atoms. The summed E-state index contributed by atoms with van der Waals surface area (Å²) in [4.78, 5) is 10.0. The number of hydrogen-bond donors (Lipinski definition) is 1. The van der Waals surface area contributed by atoms with Gasteiger partial charge in [-0.05, 0) is 66.7 Å². The molecule has 0 aliphatic heterocycles. The average molecular weight is 470 g/mol. The van der Waals surface area contributed by atoms with Crippen LogP contribution in [0.4, 0.5) is 13.2 Å². The van der Waals surface area contributed by atoms with Crippen LogP contribution >= 0.6 is 23.1 Å². The fourth-order valence-corrected chi connectivity index (χ4v) is 4.06. The molecule has 3 rings (SSSR count). The van der Waals surface area contributed by atoms with Crippen LogP contribution in [0.2, 0.25) is 5.02 Å². The predicted molar refractivity (Wildman–Crippen MR) is 114 cm³/mol. The second-order valence-corrected chi connectivity index (χ2v) is 8.21. The van der Waals surface area contributed by atoms with Crippen LogP contribution in [0, 0.1) is 13.8 Å². The molecular weight excluding hydrogens is 451 g/mol. The zero-order valence-corrected chi connectivity index (χ0v) is 18.3. The fraction of sp³-hybridized carbons (Fsp3) is 0.273. The summed E-state index contributed by atoms with van der Waals surface area (Å²) < 4.78 is 50.5. The van der Waals surface area contributed by atoms with Crippen molar-refractivity contribution in [3.63, 3.8) is 0 Å². The van der Waals surface area contributed by atoms with Gasteiger partial charge < -0.3 is 9.84 Å². The number of alkyl halides is 3. The molecule has 4 nitrogen and oxygen atoms in total. The molecule has 0 amide bonds. The van der Waals surface area contributed by atoms with Crippen LogP contribution < -0.4 is 4.74 Å². The largest absolute Gasteiger partial charge is 0.488 e. The molecule has 2 aromatic carbocycles. The Morgan fingerprint density at radius 2 is 1.81 bits per heavy atom. The zero-order chi connectivity index (χ0) is 22.8. The minimum absolute atomic E-state index is 0.000448. The number of halogens is 4. The van der Waals surface area contributed by atoms with Gasteiger partial charge in [-0.2, -0.15) is 17.5 Å². The zero-order valence-electron chi connectivity index (χ0n) is 16.7. The third kappa shape index (κ3) is 5.37. The SMILES string of the molecule is Cc1c(CCC(=O)O)ccc(OCc2c(-c3ccc(Cl)cc3)nsc2C(F)(F)F)c1C. The highest BCUT2D eigenvalue weighted by molar-refractivity contribution is 7.06. The first-order chi connectivity index (χ1) is 14.6. The van der Waals surface area contributed by atoms with Crippen molar-refractivity contribution in [3.05, 3.63) is 68.6 Å². The van der Waals surface area contributed by atoms with E-state index in [1.807, 2.05) is 6.92 Å². The first kappa shape index (κ1) is 23.1. The van der Waals surface area contributed by atoms with Gasteiger partial charge in [-0.15, -0.1) is 0 Å². The number of benzene rings is 2. The normalized spacial score (nSPS) is 11.5. The van der Waals surface area contributed by atoms with E-state index in [2.05, 4.69) is 4.37 Å². The van der Waals surface area contributed by atoms with Crippen molar-refractivity contribution >= 4 is 29.1 Å². The first-order valence-electron chi connectivity index (χ1n) is 9.33. The molecule has 0 saturated heterocycles. The molecule has 3 aromatic rings. The number of carbonyl (C=O) groups is 1. The van der Waals surface area contributed by atoms with E-state index in [9.17, 15) is 18.0 Å². The average Bonchev–Trinajstić information content (AvgIpc) is 3.13. The lowest BCUT2D eigenvalue weighted by Gasteiger charge is -2.15. The molecule has 164 valence electrons. The summed E-state index contributed by atoms with van der Waals surface area (Å²) in [5, 5.41) is 9.35. The van der Waals surface area contributed by atoms with Gasteiger partial charge in [0.05, 0.1) is 5.69 Å². The summed E-state index contributed by atoms with van der Waals surface area (Å²) in [6, 6.07) is 9.84. The van der Waals surface area contributed by atoms with E-state index in [0.717, 1.165) is 16.7 Å². The molecule has 1 N–H and O–H groups in total. The highest BCUT2D eigenvalue weighted by Crippen LogP contribution is 2.40. The number of rotatable bonds is 7. The van der Waals surface area contributed by atoms with Gasteiger partial charge in [0.1, 0.15) is 17.2 Å². The lowest BCUT2D eigenvalue weighted by molar-refractivity contribution is -0.137. The van der Waals surface area contributed by atoms with Crippen molar-refractivity contribution in [3.8, 4) is 17.0 Å². The maximum atomic E-state index is 13.6. The smallest absolute Gasteiger partial charge is 0.427 e. The molecule has 0 saturated carbocycles. The Labute approximate surface area is 186 Å². The third-order valence-corrected chi connectivity index (χ3v) is 6.18. The van der Waals surface area contributed by atoms with E-state index >= 15 is 0 Å². The van der Waals surface area contributed by atoms with Crippen LogP contribution in [0.3, 0.4) is 0 Å². The Balaban J connectivity index is 1.90. The number of carboxylic acid groups (broad SMARTS) is 1. The molecule has 0 aliphatic rings. The third-order valence-electron chi connectivity index (χ3n) is 4.99. The molecule has 1 aromatic heterocycles. The standard InChI is InChI=1S/C22H19ClF3NO3S/c1-12-13(2)18(9-5-14(12)6-10-19(28)29)30-11-17-20(15-3-7-16(23)8-4-15)27-31-21(17)22(24,25)26/h3-5,7-9H,6,10-11H2,1-2H3,(H,28,29). The second kappa shape index (κ2) is 9.28. The van der Waals surface area contributed by atoms with E-state index < -0.39 is 17.0 Å². The van der Waals surface area contributed by atoms with Crippen LogP contribution in [0.5, 0.6) is 5.75 Å². The Morgan fingerprint density at radius 1 is 1.13 bits per heavy atom. The van der Waals surface area contributed by atoms with Crippen molar-refractivity contribution in [1.82, 2.24) is 4.37 Å². The number of aliphatic carboxylic acids is 1. The Kier molecular flexibility index (Phi) is 6.91. The molecule has 1 heterocycles. The van der Waals surface area contributed by atoms with Gasteiger partial charge in [0, 0.05) is 22.6 Å². The summed E-state index contributed by atoms with van der Waals surface area (Å²) in [7, 11) is 0. The molecule has 9 heteroatoms. The van der Waals surface area contributed by atoms with Crippen molar-refractivity contribution in [2.45, 2.75) is 39.5 Å². The van der Waals surface area contributed by atoms with Gasteiger partial charge in [0.15, 0.2) is 0 Å². The lowest BCUT2D eigenvalue weighted by atomic mass is 9.99.